The quantitative estimate of drug-likeness (QED) is 0.844. The molecule has 0 aliphatic carbocycles. The molecule has 0 amide bonds. The zero-order valence-electron chi connectivity index (χ0n) is 10.9. The van der Waals surface area contributed by atoms with E-state index in [1.54, 1.807) is 12.1 Å². The highest BCUT2D eigenvalue weighted by molar-refractivity contribution is 7.89. The molecule has 1 saturated heterocycles. The van der Waals surface area contributed by atoms with Crippen LogP contribution in [0, 0.1) is 6.92 Å². The first-order chi connectivity index (χ1) is 9.03. The first kappa shape index (κ1) is 14.5. The topological polar surface area (TPSA) is 75.6 Å². The molecule has 0 radical (unpaired) electrons. The van der Waals surface area contributed by atoms with Gasteiger partial charge in [0.15, 0.2) is 0 Å². The van der Waals surface area contributed by atoms with E-state index in [0.29, 0.717) is 18.7 Å². The van der Waals surface area contributed by atoms with Gasteiger partial charge in [0.25, 0.3) is 0 Å². The van der Waals surface area contributed by atoms with Gasteiger partial charge in [0.05, 0.1) is 17.6 Å². The minimum atomic E-state index is -3.54. The Labute approximate surface area is 113 Å². The summed E-state index contributed by atoms with van der Waals surface area (Å²) in [5.41, 5.74) is 1.50. The van der Waals surface area contributed by atoms with Crippen LogP contribution in [0.2, 0.25) is 0 Å². The molecule has 0 spiro atoms. The maximum absolute atomic E-state index is 12.1. The third kappa shape index (κ3) is 3.54. The largest absolute Gasteiger partial charge is 0.392 e. The van der Waals surface area contributed by atoms with Gasteiger partial charge in [-0.25, -0.2) is 13.1 Å². The van der Waals surface area contributed by atoms with E-state index in [-0.39, 0.29) is 17.6 Å². The maximum Gasteiger partial charge on any atom is 0.240 e. The average molecular weight is 285 g/mol. The predicted octanol–water partition coefficient (Wildman–Crippen LogP) is 0.945. The smallest absolute Gasteiger partial charge is 0.240 e. The molecule has 1 aromatic rings. The molecule has 19 heavy (non-hydrogen) atoms. The zero-order chi connectivity index (χ0) is 13.9. The number of benzene rings is 1. The standard InChI is InChI=1S/C13H19NO4S/c1-10-4-5-13(7-11(10)9-15)19(16,17)14-8-12-3-2-6-18-12/h4-5,7,12,14-15H,2-3,6,8-9H2,1H3. The summed E-state index contributed by atoms with van der Waals surface area (Å²) in [4.78, 5) is 0.181. The van der Waals surface area contributed by atoms with Crippen molar-refractivity contribution in [3.63, 3.8) is 0 Å². The molecule has 0 saturated carbocycles. The Kier molecular flexibility index (Phi) is 4.57. The highest BCUT2D eigenvalue weighted by Gasteiger charge is 2.20. The Morgan fingerprint density at radius 3 is 2.89 bits per heavy atom. The van der Waals surface area contributed by atoms with E-state index in [0.717, 1.165) is 18.4 Å². The van der Waals surface area contributed by atoms with Crippen LogP contribution in [0.15, 0.2) is 23.1 Å². The average Bonchev–Trinajstić information content (AvgIpc) is 2.90. The number of hydrogen-bond acceptors (Lipinski definition) is 4. The van der Waals surface area contributed by atoms with Crippen LogP contribution in [0.4, 0.5) is 0 Å². The number of hydrogen-bond donors (Lipinski definition) is 2. The van der Waals surface area contributed by atoms with Gasteiger partial charge < -0.3 is 9.84 Å². The fourth-order valence-electron chi connectivity index (χ4n) is 2.08. The van der Waals surface area contributed by atoms with Crippen molar-refractivity contribution in [1.29, 1.82) is 0 Å². The Balaban J connectivity index is 2.10. The van der Waals surface area contributed by atoms with E-state index in [1.807, 2.05) is 6.92 Å². The van der Waals surface area contributed by atoms with Crippen LogP contribution < -0.4 is 4.72 Å². The molecule has 1 aliphatic rings. The summed E-state index contributed by atoms with van der Waals surface area (Å²) in [5.74, 6) is 0. The number of aliphatic hydroxyl groups is 1. The van der Waals surface area contributed by atoms with Crippen molar-refractivity contribution in [1.82, 2.24) is 4.72 Å². The van der Waals surface area contributed by atoms with Gasteiger partial charge in [-0.05, 0) is 43.0 Å². The molecule has 1 heterocycles. The van der Waals surface area contributed by atoms with E-state index in [4.69, 9.17) is 4.74 Å². The number of nitrogens with one attached hydrogen (secondary N) is 1. The third-order valence-electron chi connectivity index (χ3n) is 3.33. The molecule has 2 rings (SSSR count). The van der Waals surface area contributed by atoms with Crippen molar-refractivity contribution in [3.05, 3.63) is 29.3 Å². The van der Waals surface area contributed by atoms with Crippen LogP contribution in [0.25, 0.3) is 0 Å². The summed E-state index contributed by atoms with van der Waals surface area (Å²) in [6.45, 7) is 2.67. The summed E-state index contributed by atoms with van der Waals surface area (Å²) in [5, 5.41) is 9.18. The highest BCUT2D eigenvalue weighted by Crippen LogP contribution is 2.16. The number of sulfonamides is 1. The molecule has 6 heteroatoms. The fourth-order valence-corrected chi connectivity index (χ4v) is 3.19. The molecule has 106 valence electrons. The lowest BCUT2D eigenvalue weighted by atomic mass is 10.1. The van der Waals surface area contributed by atoms with Crippen LogP contribution in [0.3, 0.4) is 0 Å². The monoisotopic (exact) mass is 285 g/mol. The van der Waals surface area contributed by atoms with E-state index >= 15 is 0 Å². The van der Waals surface area contributed by atoms with Gasteiger partial charge in [-0.1, -0.05) is 6.07 Å². The maximum atomic E-state index is 12.1. The lowest BCUT2D eigenvalue weighted by Crippen LogP contribution is -2.31. The SMILES string of the molecule is Cc1ccc(S(=O)(=O)NCC2CCCO2)cc1CO. The molecule has 2 N–H and O–H groups in total. The minimum absolute atomic E-state index is 0.0301. The van der Waals surface area contributed by atoms with Gasteiger partial charge in [-0.2, -0.15) is 0 Å². The number of aryl methyl sites for hydroxylation is 1. The van der Waals surface area contributed by atoms with Gasteiger partial charge >= 0.3 is 0 Å². The molecule has 0 bridgehead atoms. The predicted molar refractivity (Wildman–Crippen MR) is 71.3 cm³/mol. The van der Waals surface area contributed by atoms with E-state index in [1.165, 1.54) is 6.07 Å². The number of aliphatic hydroxyl groups excluding tert-OH is 1. The van der Waals surface area contributed by atoms with Gasteiger partial charge in [0, 0.05) is 13.2 Å². The molecule has 1 aromatic carbocycles. The Bertz CT molecular complexity index is 536. The van der Waals surface area contributed by atoms with Gasteiger partial charge in [-0.15, -0.1) is 0 Å². The molecule has 1 fully saturated rings. The van der Waals surface area contributed by atoms with Crippen molar-refractivity contribution >= 4 is 10.0 Å². The van der Waals surface area contributed by atoms with Crippen molar-refractivity contribution in [2.45, 2.75) is 37.4 Å². The van der Waals surface area contributed by atoms with Gasteiger partial charge in [0.2, 0.25) is 10.0 Å². The van der Waals surface area contributed by atoms with Crippen molar-refractivity contribution in [2.24, 2.45) is 0 Å². The van der Waals surface area contributed by atoms with Crippen molar-refractivity contribution in [3.8, 4) is 0 Å². The number of rotatable bonds is 5. The zero-order valence-corrected chi connectivity index (χ0v) is 11.7. The van der Waals surface area contributed by atoms with Crippen LogP contribution >= 0.6 is 0 Å². The fraction of sp³-hybridized carbons (Fsp3) is 0.538. The summed E-state index contributed by atoms with van der Waals surface area (Å²) in [6, 6.07) is 4.76. The van der Waals surface area contributed by atoms with Gasteiger partial charge in [0.1, 0.15) is 0 Å². The van der Waals surface area contributed by atoms with E-state index < -0.39 is 10.0 Å². The van der Waals surface area contributed by atoms with Crippen LogP contribution in [0.1, 0.15) is 24.0 Å². The van der Waals surface area contributed by atoms with Gasteiger partial charge in [-0.3, -0.25) is 0 Å². The highest BCUT2D eigenvalue weighted by atomic mass is 32.2. The number of ether oxygens (including phenoxy) is 1. The second-order valence-electron chi connectivity index (χ2n) is 4.73. The lowest BCUT2D eigenvalue weighted by molar-refractivity contribution is 0.114. The van der Waals surface area contributed by atoms with E-state index in [9.17, 15) is 13.5 Å². The second kappa shape index (κ2) is 6.00. The van der Waals surface area contributed by atoms with Crippen LogP contribution in [-0.4, -0.2) is 32.8 Å². The van der Waals surface area contributed by atoms with Crippen LogP contribution in [-0.2, 0) is 21.4 Å². The summed E-state index contributed by atoms with van der Waals surface area (Å²) in [7, 11) is -3.54. The molecule has 1 unspecified atom stereocenters. The summed E-state index contributed by atoms with van der Waals surface area (Å²) < 4.78 is 32.2. The van der Waals surface area contributed by atoms with E-state index in [2.05, 4.69) is 4.72 Å². The molecular weight excluding hydrogens is 266 g/mol. The Hall–Kier alpha value is -0.950. The Morgan fingerprint density at radius 2 is 2.26 bits per heavy atom. The summed E-state index contributed by atoms with van der Waals surface area (Å²) >= 11 is 0. The molecule has 0 aromatic heterocycles. The van der Waals surface area contributed by atoms with Crippen molar-refractivity contribution in [2.75, 3.05) is 13.2 Å². The first-order valence-electron chi connectivity index (χ1n) is 6.34. The molecule has 1 aliphatic heterocycles. The Morgan fingerprint density at radius 1 is 1.47 bits per heavy atom. The second-order valence-corrected chi connectivity index (χ2v) is 6.50. The first-order valence-corrected chi connectivity index (χ1v) is 7.83. The van der Waals surface area contributed by atoms with Crippen LogP contribution in [0.5, 0.6) is 0 Å². The molecular formula is C13H19NO4S. The normalized spacial score (nSPS) is 19.8. The lowest BCUT2D eigenvalue weighted by Gasteiger charge is -2.12. The molecule has 1 atom stereocenters. The minimum Gasteiger partial charge on any atom is -0.392 e. The third-order valence-corrected chi connectivity index (χ3v) is 4.75. The molecule has 5 nitrogen and oxygen atoms in total. The summed E-state index contributed by atoms with van der Waals surface area (Å²) in [6.07, 6.45) is 1.83. The van der Waals surface area contributed by atoms with Crippen molar-refractivity contribution < 1.29 is 18.3 Å².